The van der Waals surface area contributed by atoms with Gasteiger partial charge in [0.2, 0.25) is 0 Å². The first-order valence-electron chi connectivity index (χ1n) is 10.3. The number of aromatic nitrogens is 1. The zero-order chi connectivity index (χ0) is 22.8. The molecule has 0 saturated heterocycles. The normalized spacial score (nSPS) is 10.7. The molecule has 1 heterocycles. The number of carbonyl (C=O) groups is 1. The van der Waals surface area contributed by atoms with Crippen LogP contribution in [-0.2, 0) is 0 Å². The van der Waals surface area contributed by atoms with Gasteiger partial charge in [-0.25, -0.2) is 5.43 Å². The van der Waals surface area contributed by atoms with Crippen LogP contribution in [0.15, 0.2) is 66.0 Å². The Kier molecular flexibility index (Phi) is 8.20. The van der Waals surface area contributed by atoms with Crippen molar-refractivity contribution in [3.8, 4) is 17.2 Å². The molecule has 7 nitrogen and oxygen atoms in total. The minimum absolute atomic E-state index is 0.307. The van der Waals surface area contributed by atoms with Gasteiger partial charge in [-0.05, 0) is 60.9 Å². The van der Waals surface area contributed by atoms with E-state index in [1.807, 2.05) is 44.2 Å². The first-order chi connectivity index (χ1) is 15.6. The molecule has 0 aliphatic carbocycles. The molecule has 3 rings (SSSR count). The summed E-state index contributed by atoms with van der Waals surface area (Å²) in [6.45, 7) is 5.14. The Morgan fingerprint density at radius 1 is 1.00 bits per heavy atom. The van der Waals surface area contributed by atoms with Gasteiger partial charge in [-0.2, -0.15) is 5.10 Å². The Morgan fingerprint density at radius 3 is 2.44 bits per heavy atom. The lowest BCUT2D eigenvalue weighted by molar-refractivity contribution is 0.0955. The fraction of sp³-hybridized carbons (Fsp3) is 0.240. The number of nitrogens with one attached hydrogen (secondary N) is 1. The van der Waals surface area contributed by atoms with Gasteiger partial charge in [0.15, 0.2) is 11.5 Å². The molecule has 0 spiro atoms. The van der Waals surface area contributed by atoms with Gasteiger partial charge in [-0.1, -0.05) is 18.2 Å². The molecule has 0 unspecified atom stereocenters. The summed E-state index contributed by atoms with van der Waals surface area (Å²) >= 11 is 0. The number of benzene rings is 2. The molecule has 0 bridgehead atoms. The second kappa shape index (κ2) is 11.5. The second-order valence-electron chi connectivity index (χ2n) is 7.12. The number of hydrogen-bond acceptors (Lipinski definition) is 6. The van der Waals surface area contributed by atoms with Gasteiger partial charge in [0.05, 0.1) is 26.5 Å². The summed E-state index contributed by atoms with van der Waals surface area (Å²) in [5.74, 6) is 1.85. The summed E-state index contributed by atoms with van der Waals surface area (Å²) in [5.41, 5.74) is 5.99. The van der Waals surface area contributed by atoms with Gasteiger partial charge >= 0.3 is 0 Å². The standard InChI is InChI=1S/C25H27N3O4/c1-18-6-4-7-19(2)24(18)32-15-5-14-31-22-9-8-20(16-23(22)30-3)17-27-28-25(29)21-10-12-26-13-11-21/h4,6-13,16-17H,5,14-15H2,1-3H3,(H,28,29)/b27-17-. The van der Waals surface area contributed by atoms with E-state index in [0.717, 1.165) is 28.9 Å². The van der Waals surface area contributed by atoms with E-state index in [-0.39, 0.29) is 5.91 Å². The average Bonchev–Trinajstić information content (AvgIpc) is 2.81. The zero-order valence-electron chi connectivity index (χ0n) is 18.5. The van der Waals surface area contributed by atoms with Crippen molar-refractivity contribution >= 4 is 12.1 Å². The lowest BCUT2D eigenvalue weighted by Gasteiger charge is -2.13. The predicted molar refractivity (Wildman–Crippen MR) is 124 cm³/mol. The van der Waals surface area contributed by atoms with Gasteiger partial charge in [0.1, 0.15) is 5.75 Å². The topological polar surface area (TPSA) is 82.0 Å². The molecular weight excluding hydrogens is 406 g/mol. The Labute approximate surface area is 188 Å². The van der Waals surface area contributed by atoms with E-state index in [1.165, 1.54) is 0 Å². The maximum atomic E-state index is 12.0. The summed E-state index contributed by atoms with van der Waals surface area (Å²) in [6.07, 6.45) is 5.39. The summed E-state index contributed by atoms with van der Waals surface area (Å²) in [7, 11) is 1.58. The van der Waals surface area contributed by atoms with E-state index >= 15 is 0 Å². The van der Waals surface area contributed by atoms with Crippen molar-refractivity contribution in [1.82, 2.24) is 10.4 Å². The first kappa shape index (κ1) is 22.8. The summed E-state index contributed by atoms with van der Waals surface area (Å²) in [6, 6.07) is 14.8. The van der Waals surface area contributed by atoms with Crippen LogP contribution in [-0.4, -0.2) is 37.4 Å². The van der Waals surface area contributed by atoms with Gasteiger partial charge < -0.3 is 14.2 Å². The largest absolute Gasteiger partial charge is 0.493 e. The minimum atomic E-state index is -0.307. The fourth-order valence-electron chi connectivity index (χ4n) is 3.06. The van der Waals surface area contributed by atoms with E-state index in [2.05, 4.69) is 15.5 Å². The molecule has 32 heavy (non-hydrogen) atoms. The summed E-state index contributed by atoms with van der Waals surface area (Å²) in [4.78, 5) is 15.9. The number of rotatable bonds is 10. The number of nitrogens with zero attached hydrogens (tertiary/aromatic N) is 2. The molecule has 7 heteroatoms. The van der Waals surface area contributed by atoms with Gasteiger partial charge in [0.25, 0.3) is 5.91 Å². The first-order valence-corrected chi connectivity index (χ1v) is 10.3. The molecule has 0 atom stereocenters. The average molecular weight is 434 g/mol. The zero-order valence-corrected chi connectivity index (χ0v) is 18.5. The van der Waals surface area contributed by atoms with Crippen LogP contribution in [0.2, 0.25) is 0 Å². The molecule has 0 aliphatic heterocycles. The quantitative estimate of drug-likeness (QED) is 0.293. The van der Waals surface area contributed by atoms with Crippen molar-refractivity contribution in [3.05, 3.63) is 83.2 Å². The lowest BCUT2D eigenvalue weighted by atomic mass is 10.1. The molecule has 0 fully saturated rings. The highest BCUT2D eigenvalue weighted by molar-refractivity contribution is 5.94. The fourth-order valence-corrected chi connectivity index (χ4v) is 3.06. The number of pyridine rings is 1. The highest BCUT2D eigenvalue weighted by Gasteiger charge is 2.07. The highest BCUT2D eigenvalue weighted by atomic mass is 16.5. The number of aryl methyl sites for hydroxylation is 2. The number of methoxy groups -OCH3 is 1. The number of hydrazone groups is 1. The van der Waals surface area contributed by atoms with Crippen LogP contribution in [0.3, 0.4) is 0 Å². The molecule has 0 radical (unpaired) electrons. The third kappa shape index (κ3) is 6.31. The van der Waals surface area contributed by atoms with E-state index in [4.69, 9.17) is 14.2 Å². The van der Waals surface area contributed by atoms with Crippen LogP contribution in [0.4, 0.5) is 0 Å². The molecule has 1 aromatic heterocycles. The Morgan fingerprint density at radius 2 is 1.72 bits per heavy atom. The van der Waals surface area contributed by atoms with Crippen LogP contribution < -0.4 is 19.6 Å². The van der Waals surface area contributed by atoms with Crippen LogP contribution in [0, 0.1) is 13.8 Å². The Balaban J connectivity index is 1.49. The summed E-state index contributed by atoms with van der Waals surface area (Å²) in [5, 5.41) is 3.99. The molecule has 1 amide bonds. The molecule has 1 N–H and O–H groups in total. The predicted octanol–water partition coefficient (Wildman–Crippen LogP) is 4.32. The molecule has 166 valence electrons. The third-order valence-corrected chi connectivity index (χ3v) is 4.71. The van der Waals surface area contributed by atoms with E-state index in [0.29, 0.717) is 30.3 Å². The number of ether oxygens (including phenoxy) is 3. The molecule has 3 aromatic rings. The van der Waals surface area contributed by atoms with Gasteiger partial charge in [-0.3, -0.25) is 9.78 Å². The van der Waals surface area contributed by atoms with Gasteiger partial charge in [-0.15, -0.1) is 0 Å². The Bertz CT molecular complexity index is 1050. The Hall–Kier alpha value is -3.87. The number of amides is 1. The van der Waals surface area contributed by atoms with E-state index in [1.54, 1.807) is 43.9 Å². The van der Waals surface area contributed by atoms with Crippen LogP contribution in [0.5, 0.6) is 17.2 Å². The van der Waals surface area contributed by atoms with Gasteiger partial charge in [0, 0.05) is 24.4 Å². The van der Waals surface area contributed by atoms with Crippen molar-refractivity contribution in [2.45, 2.75) is 20.3 Å². The maximum absolute atomic E-state index is 12.0. The number of para-hydroxylation sites is 1. The second-order valence-corrected chi connectivity index (χ2v) is 7.12. The van der Waals surface area contributed by atoms with Crippen molar-refractivity contribution < 1.29 is 19.0 Å². The van der Waals surface area contributed by atoms with E-state index in [9.17, 15) is 4.79 Å². The van der Waals surface area contributed by atoms with Crippen molar-refractivity contribution in [2.24, 2.45) is 5.10 Å². The molecule has 0 aliphatic rings. The molecule has 2 aromatic carbocycles. The number of hydrogen-bond donors (Lipinski definition) is 1. The lowest BCUT2D eigenvalue weighted by Crippen LogP contribution is -2.17. The van der Waals surface area contributed by atoms with E-state index < -0.39 is 0 Å². The van der Waals surface area contributed by atoms with Crippen molar-refractivity contribution in [1.29, 1.82) is 0 Å². The van der Waals surface area contributed by atoms with Crippen LogP contribution in [0.25, 0.3) is 0 Å². The van der Waals surface area contributed by atoms with Crippen LogP contribution >= 0.6 is 0 Å². The highest BCUT2D eigenvalue weighted by Crippen LogP contribution is 2.28. The third-order valence-electron chi connectivity index (χ3n) is 4.71. The van der Waals surface area contributed by atoms with Crippen molar-refractivity contribution in [3.63, 3.8) is 0 Å². The smallest absolute Gasteiger partial charge is 0.271 e. The summed E-state index contributed by atoms with van der Waals surface area (Å²) < 4.78 is 17.2. The van der Waals surface area contributed by atoms with Crippen molar-refractivity contribution in [2.75, 3.05) is 20.3 Å². The van der Waals surface area contributed by atoms with Crippen LogP contribution in [0.1, 0.15) is 33.5 Å². The number of carbonyl (C=O) groups excluding carboxylic acids is 1. The monoisotopic (exact) mass is 433 g/mol. The molecular formula is C25H27N3O4. The minimum Gasteiger partial charge on any atom is -0.493 e. The SMILES string of the molecule is COc1cc(/C=N\NC(=O)c2ccncc2)ccc1OCCCOc1c(C)cccc1C. The molecule has 0 saturated carbocycles. The maximum Gasteiger partial charge on any atom is 0.271 e.